The topological polar surface area (TPSA) is 21.3 Å². The average molecular weight is 243 g/mol. The zero-order chi connectivity index (χ0) is 12.9. The second-order valence-electron chi connectivity index (χ2n) is 5.25. The van der Waals surface area contributed by atoms with Crippen LogP contribution in [0.1, 0.15) is 66.2 Å². The molecule has 0 aromatic rings. The van der Waals surface area contributed by atoms with Crippen molar-refractivity contribution in [3.05, 3.63) is 0 Å². The van der Waals surface area contributed by atoms with E-state index in [1.54, 1.807) is 0 Å². The van der Waals surface area contributed by atoms with Crippen LogP contribution in [0.15, 0.2) is 0 Å². The third kappa shape index (κ3) is 12.2. The van der Waals surface area contributed by atoms with Crippen LogP contribution in [-0.4, -0.2) is 25.8 Å². The fourth-order valence-corrected chi connectivity index (χ4v) is 1.92. The molecule has 1 N–H and O–H groups in total. The van der Waals surface area contributed by atoms with Crippen LogP contribution >= 0.6 is 0 Å². The van der Waals surface area contributed by atoms with Gasteiger partial charge in [-0.05, 0) is 52.1 Å². The number of hydrogen-bond donors (Lipinski definition) is 1. The lowest BCUT2D eigenvalue weighted by Gasteiger charge is -2.15. The second kappa shape index (κ2) is 12.4. The predicted octanol–water partition coefficient (Wildman–Crippen LogP) is 4.00. The van der Waals surface area contributed by atoms with Gasteiger partial charge in [-0.2, -0.15) is 0 Å². The highest BCUT2D eigenvalue weighted by Gasteiger charge is 2.04. The Hall–Kier alpha value is -0.0800. The molecule has 2 nitrogen and oxygen atoms in total. The van der Waals surface area contributed by atoms with E-state index in [-0.39, 0.29) is 0 Å². The normalized spacial score (nSPS) is 13.2. The van der Waals surface area contributed by atoms with E-state index in [4.69, 9.17) is 4.74 Å². The zero-order valence-electron chi connectivity index (χ0n) is 12.4. The van der Waals surface area contributed by atoms with Crippen LogP contribution in [-0.2, 0) is 4.74 Å². The third-order valence-corrected chi connectivity index (χ3v) is 3.18. The van der Waals surface area contributed by atoms with Crippen molar-refractivity contribution in [1.29, 1.82) is 0 Å². The Morgan fingerprint density at radius 2 is 1.82 bits per heavy atom. The first-order valence-electron chi connectivity index (χ1n) is 7.53. The minimum absolute atomic E-state index is 0.376. The first kappa shape index (κ1) is 16.9. The fraction of sp³-hybridized carbons (Fsp3) is 1.00. The lowest BCUT2D eigenvalue weighted by Crippen LogP contribution is -2.23. The van der Waals surface area contributed by atoms with Gasteiger partial charge in [0.25, 0.3) is 0 Å². The number of unbranched alkanes of at least 4 members (excludes halogenated alkanes) is 2. The van der Waals surface area contributed by atoms with Crippen LogP contribution in [0.4, 0.5) is 0 Å². The van der Waals surface area contributed by atoms with Crippen molar-refractivity contribution in [2.45, 2.75) is 72.3 Å². The van der Waals surface area contributed by atoms with Crippen molar-refractivity contribution in [1.82, 2.24) is 5.32 Å². The molecular formula is C15H33NO. The fourth-order valence-electron chi connectivity index (χ4n) is 1.92. The predicted molar refractivity (Wildman–Crippen MR) is 76.5 cm³/mol. The molecule has 0 aliphatic rings. The summed E-state index contributed by atoms with van der Waals surface area (Å²) in [5.41, 5.74) is 0. The number of ether oxygens (including phenoxy) is 1. The van der Waals surface area contributed by atoms with E-state index in [1.807, 2.05) is 0 Å². The molecule has 0 saturated carbocycles. The van der Waals surface area contributed by atoms with Gasteiger partial charge in [0.1, 0.15) is 0 Å². The van der Waals surface area contributed by atoms with Gasteiger partial charge in [-0.3, -0.25) is 0 Å². The molecular weight excluding hydrogens is 210 g/mol. The minimum Gasteiger partial charge on any atom is -0.379 e. The number of rotatable bonds is 12. The highest BCUT2D eigenvalue weighted by Crippen LogP contribution is 2.11. The molecule has 17 heavy (non-hydrogen) atoms. The Bertz CT molecular complexity index is 148. The standard InChI is InChI=1S/C15H33NO/c1-5-7-10-15(6-2)13-16-11-8-9-12-17-14(3)4/h14-16H,5-13H2,1-4H3. The summed E-state index contributed by atoms with van der Waals surface area (Å²) in [6, 6.07) is 0. The Morgan fingerprint density at radius 1 is 1.06 bits per heavy atom. The van der Waals surface area contributed by atoms with E-state index >= 15 is 0 Å². The first-order chi connectivity index (χ1) is 8.20. The Labute approximate surface area is 109 Å². The molecule has 0 aromatic carbocycles. The first-order valence-corrected chi connectivity index (χ1v) is 7.53. The van der Waals surface area contributed by atoms with E-state index in [1.165, 1.54) is 45.1 Å². The van der Waals surface area contributed by atoms with Crippen molar-refractivity contribution in [3.8, 4) is 0 Å². The average Bonchev–Trinajstić information content (AvgIpc) is 2.31. The highest BCUT2D eigenvalue weighted by molar-refractivity contribution is 4.61. The van der Waals surface area contributed by atoms with E-state index in [2.05, 4.69) is 33.0 Å². The van der Waals surface area contributed by atoms with Gasteiger partial charge in [0.15, 0.2) is 0 Å². The van der Waals surface area contributed by atoms with Crippen molar-refractivity contribution in [3.63, 3.8) is 0 Å². The van der Waals surface area contributed by atoms with E-state index in [9.17, 15) is 0 Å². The summed E-state index contributed by atoms with van der Waals surface area (Å²) < 4.78 is 5.52. The molecule has 0 aliphatic heterocycles. The molecule has 104 valence electrons. The molecule has 2 heteroatoms. The SMILES string of the molecule is CCCCC(CC)CNCCCCOC(C)C. The Balaban J connectivity index is 3.24. The summed E-state index contributed by atoms with van der Waals surface area (Å²) in [5.74, 6) is 0.877. The molecule has 0 aliphatic carbocycles. The van der Waals surface area contributed by atoms with Gasteiger partial charge in [-0.15, -0.1) is 0 Å². The molecule has 0 radical (unpaired) electrons. The summed E-state index contributed by atoms with van der Waals surface area (Å²) >= 11 is 0. The molecule has 0 aromatic heterocycles. The van der Waals surface area contributed by atoms with E-state index in [0.717, 1.165) is 19.1 Å². The van der Waals surface area contributed by atoms with Gasteiger partial charge < -0.3 is 10.1 Å². The molecule has 0 bridgehead atoms. The highest BCUT2D eigenvalue weighted by atomic mass is 16.5. The van der Waals surface area contributed by atoms with Crippen molar-refractivity contribution in [2.24, 2.45) is 5.92 Å². The molecule has 0 fully saturated rings. The van der Waals surface area contributed by atoms with E-state index in [0.29, 0.717) is 6.10 Å². The van der Waals surface area contributed by atoms with Gasteiger partial charge in [-0.25, -0.2) is 0 Å². The van der Waals surface area contributed by atoms with Crippen LogP contribution < -0.4 is 5.32 Å². The summed E-state index contributed by atoms with van der Waals surface area (Å²) in [6.07, 6.45) is 8.18. The molecule has 0 amide bonds. The van der Waals surface area contributed by atoms with Gasteiger partial charge in [0, 0.05) is 6.61 Å². The van der Waals surface area contributed by atoms with Crippen LogP contribution in [0, 0.1) is 5.92 Å². The maximum atomic E-state index is 5.52. The summed E-state index contributed by atoms with van der Waals surface area (Å²) in [7, 11) is 0. The Kier molecular flexibility index (Phi) is 12.3. The van der Waals surface area contributed by atoms with Crippen LogP contribution in [0.2, 0.25) is 0 Å². The van der Waals surface area contributed by atoms with E-state index < -0.39 is 0 Å². The molecule has 0 rings (SSSR count). The molecule has 1 unspecified atom stereocenters. The van der Waals surface area contributed by atoms with Gasteiger partial charge in [0.05, 0.1) is 6.10 Å². The lowest BCUT2D eigenvalue weighted by atomic mass is 9.99. The van der Waals surface area contributed by atoms with Crippen molar-refractivity contribution >= 4 is 0 Å². The largest absolute Gasteiger partial charge is 0.379 e. The summed E-state index contributed by atoms with van der Waals surface area (Å²) in [4.78, 5) is 0. The van der Waals surface area contributed by atoms with Crippen LogP contribution in [0.5, 0.6) is 0 Å². The van der Waals surface area contributed by atoms with Gasteiger partial charge >= 0.3 is 0 Å². The molecule has 0 heterocycles. The smallest absolute Gasteiger partial charge is 0.0518 e. The quantitative estimate of drug-likeness (QED) is 0.523. The molecule has 0 spiro atoms. The Morgan fingerprint density at radius 3 is 2.41 bits per heavy atom. The van der Waals surface area contributed by atoms with Crippen molar-refractivity contribution in [2.75, 3.05) is 19.7 Å². The second-order valence-corrected chi connectivity index (χ2v) is 5.25. The van der Waals surface area contributed by atoms with Crippen LogP contribution in [0.25, 0.3) is 0 Å². The zero-order valence-corrected chi connectivity index (χ0v) is 12.4. The summed E-state index contributed by atoms with van der Waals surface area (Å²) in [6.45, 7) is 12.0. The van der Waals surface area contributed by atoms with Crippen LogP contribution in [0.3, 0.4) is 0 Å². The maximum absolute atomic E-state index is 5.52. The molecule has 0 saturated heterocycles. The monoisotopic (exact) mass is 243 g/mol. The third-order valence-electron chi connectivity index (χ3n) is 3.18. The van der Waals surface area contributed by atoms with Gasteiger partial charge in [0.2, 0.25) is 0 Å². The van der Waals surface area contributed by atoms with Gasteiger partial charge in [-0.1, -0.05) is 33.1 Å². The maximum Gasteiger partial charge on any atom is 0.0518 e. The lowest BCUT2D eigenvalue weighted by molar-refractivity contribution is 0.0760. The number of hydrogen-bond acceptors (Lipinski definition) is 2. The summed E-state index contributed by atoms with van der Waals surface area (Å²) in [5, 5.41) is 3.58. The number of nitrogens with one attached hydrogen (secondary N) is 1. The molecule has 1 atom stereocenters. The minimum atomic E-state index is 0.376. The van der Waals surface area contributed by atoms with Crippen molar-refractivity contribution < 1.29 is 4.74 Å².